The summed E-state index contributed by atoms with van der Waals surface area (Å²) in [6, 6.07) is 15.2. The highest BCUT2D eigenvalue weighted by Gasteiger charge is 2.18. The van der Waals surface area contributed by atoms with Crippen LogP contribution in [-0.2, 0) is 6.61 Å². The molecule has 26 heavy (non-hydrogen) atoms. The van der Waals surface area contributed by atoms with Crippen molar-refractivity contribution in [3.63, 3.8) is 0 Å². The van der Waals surface area contributed by atoms with Gasteiger partial charge >= 0.3 is 0 Å². The highest BCUT2D eigenvalue weighted by Crippen LogP contribution is 2.38. The third kappa shape index (κ3) is 2.39. The first-order chi connectivity index (χ1) is 12.8. The van der Waals surface area contributed by atoms with Gasteiger partial charge in [0.1, 0.15) is 12.4 Å². The predicted molar refractivity (Wildman–Crippen MR) is 98.1 cm³/mol. The van der Waals surface area contributed by atoms with Gasteiger partial charge in [0, 0.05) is 35.3 Å². The predicted octanol–water partition coefficient (Wildman–Crippen LogP) is 3.77. The van der Waals surface area contributed by atoms with Crippen LogP contribution in [0.25, 0.3) is 22.2 Å². The van der Waals surface area contributed by atoms with E-state index in [0.717, 1.165) is 33.5 Å². The van der Waals surface area contributed by atoms with E-state index in [2.05, 4.69) is 20.3 Å². The zero-order chi connectivity index (χ0) is 17.5. The summed E-state index contributed by atoms with van der Waals surface area (Å²) in [5.74, 6) is 0.730. The van der Waals surface area contributed by atoms with Crippen molar-refractivity contribution >= 4 is 22.6 Å². The van der Waals surface area contributed by atoms with Crippen LogP contribution >= 0.6 is 0 Å². The molecule has 0 atom stereocenters. The second-order valence-electron chi connectivity index (χ2n) is 6.09. The minimum atomic E-state index is -0.290. The summed E-state index contributed by atoms with van der Waals surface area (Å²) >= 11 is 0. The number of rotatable bonds is 2. The fourth-order valence-electron chi connectivity index (χ4n) is 3.15. The quantitative estimate of drug-likeness (QED) is 0.581. The molecule has 0 fully saturated rings. The van der Waals surface area contributed by atoms with Crippen LogP contribution in [-0.4, -0.2) is 20.9 Å². The molecule has 0 spiro atoms. The Morgan fingerprint density at radius 3 is 2.96 bits per heavy atom. The molecular weight excluding hydrogens is 328 g/mol. The summed E-state index contributed by atoms with van der Waals surface area (Å²) in [5, 5.41) is 2.87. The molecule has 0 bridgehead atoms. The molecule has 6 nitrogen and oxygen atoms in total. The van der Waals surface area contributed by atoms with Gasteiger partial charge in [-0.25, -0.2) is 4.98 Å². The fraction of sp³-hybridized carbons (Fsp3) is 0.0500. The second kappa shape index (κ2) is 5.70. The molecule has 1 aliphatic rings. The number of pyridine rings is 1. The van der Waals surface area contributed by atoms with Crippen LogP contribution in [0.3, 0.4) is 0 Å². The molecule has 1 amide bonds. The Kier molecular flexibility index (Phi) is 3.21. The number of carbonyl (C=O) groups is 1. The van der Waals surface area contributed by atoms with Gasteiger partial charge in [-0.2, -0.15) is 0 Å². The average molecular weight is 342 g/mol. The van der Waals surface area contributed by atoms with Gasteiger partial charge in [0.2, 0.25) is 0 Å². The molecule has 0 unspecified atom stereocenters. The Bertz CT molecular complexity index is 1120. The molecule has 5 rings (SSSR count). The van der Waals surface area contributed by atoms with Crippen LogP contribution < -0.4 is 10.1 Å². The lowest BCUT2D eigenvalue weighted by atomic mass is 9.99. The van der Waals surface area contributed by atoms with E-state index >= 15 is 0 Å². The smallest absolute Gasteiger partial charge is 0.291 e. The van der Waals surface area contributed by atoms with Crippen molar-refractivity contribution in [1.82, 2.24) is 15.0 Å². The summed E-state index contributed by atoms with van der Waals surface area (Å²) in [5.41, 5.74) is 5.41. The molecule has 2 N–H and O–H groups in total. The summed E-state index contributed by atoms with van der Waals surface area (Å²) in [7, 11) is 0. The summed E-state index contributed by atoms with van der Waals surface area (Å²) in [4.78, 5) is 24.0. The van der Waals surface area contributed by atoms with Gasteiger partial charge < -0.3 is 15.0 Å². The second-order valence-corrected chi connectivity index (χ2v) is 6.09. The number of nitrogens with one attached hydrogen (secondary N) is 2. The SMILES string of the molecule is O=C(Nc1ccc2c(c1)OCc1cnccc1-2)c1nc2ccccc2[nH]1. The highest BCUT2D eigenvalue weighted by molar-refractivity contribution is 6.03. The third-order valence-electron chi connectivity index (χ3n) is 4.42. The van der Waals surface area contributed by atoms with Crippen LogP contribution in [0.15, 0.2) is 60.9 Å². The van der Waals surface area contributed by atoms with E-state index in [-0.39, 0.29) is 11.7 Å². The molecule has 126 valence electrons. The number of carbonyl (C=O) groups excluding carboxylic acids is 1. The van der Waals surface area contributed by atoms with Crippen LogP contribution in [0.1, 0.15) is 16.2 Å². The lowest BCUT2D eigenvalue weighted by Crippen LogP contribution is -2.14. The number of ether oxygens (including phenoxy) is 1. The minimum absolute atomic E-state index is 0.279. The number of imidazole rings is 1. The van der Waals surface area contributed by atoms with E-state index in [1.165, 1.54) is 0 Å². The normalized spacial score (nSPS) is 12.2. The molecule has 0 saturated heterocycles. The number of hydrogen-bond acceptors (Lipinski definition) is 4. The van der Waals surface area contributed by atoms with Gasteiger partial charge in [-0.1, -0.05) is 12.1 Å². The molecule has 0 saturated carbocycles. The molecular formula is C20H14N4O2. The molecule has 3 heterocycles. The number of hydrogen-bond donors (Lipinski definition) is 2. The van der Waals surface area contributed by atoms with Crippen LogP contribution in [0.5, 0.6) is 5.75 Å². The topological polar surface area (TPSA) is 79.9 Å². The Labute approximate surface area is 148 Å². The Morgan fingerprint density at radius 2 is 2.04 bits per heavy atom. The van der Waals surface area contributed by atoms with Crippen molar-refractivity contribution in [2.24, 2.45) is 0 Å². The zero-order valence-corrected chi connectivity index (χ0v) is 13.7. The van der Waals surface area contributed by atoms with Crippen LogP contribution in [0.2, 0.25) is 0 Å². The molecule has 2 aromatic carbocycles. The van der Waals surface area contributed by atoms with E-state index < -0.39 is 0 Å². The number of anilines is 1. The standard InChI is InChI=1S/C20H14N4O2/c25-20(19-23-16-3-1-2-4-17(16)24-19)22-13-5-6-15-14-7-8-21-10-12(14)11-26-18(15)9-13/h1-10H,11H2,(H,22,25)(H,23,24). The Balaban J connectivity index is 1.44. The average Bonchev–Trinajstić information content (AvgIpc) is 3.12. The minimum Gasteiger partial charge on any atom is -0.488 e. The van der Waals surface area contributed by atoms with Crippen molar-refractivity contribution in [2.45, 2.75) is 6.61 Å². The van der Waals surface area contributed by atoms with Gasteiger partial charge in [-0.15, -0.1) is 0 Å². The van der Waals surface area contributed by atoms with Crippen molar-refractivity contribution in [1.29, 1.82) is 0 Å². The molecule has 6 heteroatoms. The monoisotopic (exact) mass is 342 g/mol. The van der Waals surface area contributed by atoms with E-state index in [4.69, 9.17) is 4.74 Å². The number of fused-ring (bicyclic) bond motifs is 4. The number of nitrogens with zero attached hydrogens (tertiary/aromatic N) is 2. The van der Waals surface area contributed by atoms with Gasteiger partial charge in [-0.3, -0.25) is 9.78 Å². The molecule has 1 aliphatic heterocycles. The summed E-state index contributed by atoms with van der Waals surface area (Å²) in [6.45, 7) is 0.469. The van der Waals surface area contributed by atoms with E-state index in [1.807, 2.05) is 54.7 Å². The van der Waals surface area contributed by atoms with Crippen molar-refractivity contribution < 1.29 is 9.53 Å². The number of aromatic nitrogens is 3. The van der Waals surface area contributed by atoms with Gasteiger partial charge in [-0.05, 0) is 35.9 Å². The van der Waals surface area contributed by atoms with E-state index in [0.29, 0.717) is 12.3 Å². The van der Waals surface area contributed by atoms with Gasteiger partial charge in [0.05, 0.1) is 11.0 Å². The highest BCUT2D eigenvalue weighted by atomic mass is 16.5. The van der Waals surface area contributed by atoms with Crippen LogP contribution in [0.4, 0.5) is 5.69 Å². The number of para-hydroxylation sites is 2. The molecule has 4 aromatic rings. The summed E-state index contributed by atoms with van der Waals surface area (Å²) < 4.78 is 5.81. The molecule has 2 aromatic heterocycles. The lowest BCUT2D eigenvalue weighted by Gasteiger charge is -2.21. The molecule has 0 radical (unpaired) electrons. The zero-order valence-electron chi connectivity index (χ0n) is 13.7. The summed E-state index contributed by atoms with van der Waals surface area (Å²) in [6.07, 6.45) is 3.58. The maximum atomic E-state index is 12.5. The van der Waals surface area contributed by atoms with E-state index in [9.17, 15) is 4.79 Å². The maximum Gasteiger partial charge on any atom is 0.291 e. The largest absolute Gasteiger partial charge is 0.488 e. The van der Waals surface area contributed by atoms with Crippen molar-refractivity contribution in [3.05, 3.63) is 72.3 Å². The first-order valence-corrected chi connectivity index (χ1v) is 8.24. The van der Waals surface area contributed by atoms with E-state index in [1.54, 1.807) is 6.20 Å². The van der Waals surface area contributed by atoms with Crippen molar-refractivity contribution in [2.75, 3.05) is 5.32 Å². The molecule has 0 aliphatic carbocycles. The third-order valence-corrected chi connectivity index (χ3v) is 4.42. The van der Waals surface area contributed by atoms with Gasteiger partial charge in [0.15, 0.2) is 5.82 Å². The lowest BCUT2D eigenvalue weighted by molar-refractivity contribution is 0.101. The first kappa shape index (κ1) is 14.7. The maximum absolute atomic E-state index is 12.5. The number of amides is 1. The van der Waals surface area contributed by atoms with Crippen LogP contribution in [0, 0.1) is 0 Å². The van der Waals surface area contributed by atoms with Gasteiger partial charge in [0.25, 0.3) is 5.91 Å². The Morgan fingerprint density at radius 1 is 1.12 bits per heavy atom. The fourth-order valence-corrected chi connectivity index (χ4v) is 3.15. The first-order valence-electron chi connectivity index (χ1n) is 8.24. The number of H-pyrrole nitrogens is 1. The van der Waals surface area contributed by atoms with Crippen molar-refractivity contribution in [3.8, 4) is 16.9 Å². The Hall–Kier alpha value is -3.67. The number of benzene rings is 2. The number of aromatic amines is 1.